The van der Waals surface area contributed by atoms with E-state index < -0.39 is 0 Å². The lowest BCUT2D eigenvalue weighted by atomic mass is 9.97. The third kappa shape index (κ3) is 2.62. The number of nitriles is 1. The number of hydrogen-bond donors (Lipinski definition) is 2. The Bertz CT molecular complexity index is 444. The van der Waals surface area contributed by atoms with Crippen LogP contribution in [0.25, 0.3) is 0 Å². The van der Waals surface area contributed by atoms with Gasteiger partial charge in [0.15, 0.2) is 0 Å². The van der Waals surface area contributed by atoms with Gasteiger partial charge in [0, 0.05) is 22.2 Å². The summed E-state index contributed by atoms with van der Waals surface area (Å²) in [4.78, 5) is 0. The van der Waals surface area contributed by atoms with E-state index in [1.807, 2.05) is 18.2 Å². The molecule has 2 rings (SSSR count). The first-order valence-corrected chi connectivity index (χ1v) is 6.66. The van der Waals surface area contributed by atoms with Crippen LogP contribution in [0.5, 0.6) is 0 Å². The van der Waals surface area contributed by atoms with Crippen molar-refractivity contribution in [3.63, 3.8) is 0 Å². The van der Waals surface area contributed by atoms with Gasteiger partial charge in [0.2, 0.25) is 0 Å². The van der Waals surface area contributed by atoms with Crippen LogP contribution in [-0.4, -0.2) is 12.1 Å². The van der Waals surface area contributed by atoms with Crippen molar-refractivity contribution in [1.29, 1.82) is 5.26 Å². The van der Waals surface area contributed by atoms with Crippen LogP contribution in [0.1, 0.15) is 31.2 Å². The molecule has 3 N–H and O–H groups in total. The third-order valence-electron chi connectivity index (χ3n) is 3.45. The average molecular weight is 294 g/mol. The van der Waals surface area contributed by atoms with Crippen LogP contribution < -0.4 is 11.1 Å². The quantitative estimate of drug-likeness (QED) is 0.900. The van der Waals surface area contributed by atoms with Crippen molar-refractivity contribution in [3.8, 4) is 6.07 Å². The molecular weight excluding hydrogens is 278 g/mol. The molecule has 17 heavy (non-hydrogen) atoms. The number of nitrogens with two attached hydrogens (primary N) is 1. The Hall–Kier alpha value is -1.05. The standard InChI is InChI=1S/C13H16BrN3/c14-12-7-11(4-3-10(12)8-15)17-13(9-16)5-1-2-6-13/h3-4,7,17H,1-2,5-6,9,16H2. The molecule has 3 nitrogen and oxygen atoms in total. The lowest BCUT2D eigenvalue weighted by Gasteiger charge is -2.30. The monoisotopic (exact) mass is 293 g/mol. The average Bonchev–Trinajstić information content (AvgIpc) is 2.79. The summed E-state index contributed by atoms with van der Waals surface area (Å²) in [5, 5.41) is 12.4. The molecule has 90 valence electrons. The number of benzene rings is 1. The van der Waals surface area contributed by atoms with Gasteiger partial charge in [0.05, 0.1) is 5.56 Å². The number of halogens is 1. The van der Waals surface area contributed by atoms with Gasteiger partial charge in [-0.1, -0.05) is 12.8 Å². The minimum atomic E-state index is 0.0492. The molecule has 0 saturated heterocycles. The van der Waals surface area contributed by atoms with Gasteiger partial charge in [-0.2, -0.15) is 5.26 Å². The lowest BCUT2D eigenvalue weighted by Crippen LogP contribution is -2.42. The largest absolute Gasteiger partial charge is 0.378 e. The number of rotatable bonds is 3. The van der Waals surface area contributed by atoms with Crippen molar-refractivity contribution in [2.75, 3.05) is 11.9 Å². The van der Waals surface area contributed by atoms with E-state index >= 15 is 0 Å². The molecule has 0 heterocycles. The van der Waals surface area contributed by atoms with Crippen LogP contribution in [0, 0.1) is 11.3 Å². The molecule has 1 aromatic carbocycles. The van der Waals surface area contributed by atoms with Gasteiger partial charge < -0.3 is 11.1 Å². The molecule has 0 amide bonds. The maximum atomic E-state index is 8.87. The van der Waals surface area contributed by atoms with E-state index in [-0.39, 0.29) is 5.54 Å². The van der Waals surface area contributed by atoms with E-state index in [0.717, 1.165) is 23.0 Å². The summed E-state index contributed by atoms with van der Waals surface area (Å²) in [6.45, 7) is 0.657. The molecule has 0 bridgehead atoms. The molecular formula is C13H16BrN3. The number of anilines is 1. The zero-order valence-corrected chi connectivity index (χ0v) is 11.3. The zero-order valence-electron chi connectivity index (χ0n) is 9.67. The van der Waals surface area contributed by atoms with Crippen molar-refractivity contribution in [1.82, 2.24) is 0 Å². The lowest BCUT2D eigenvalue weighted by molar-refractivity contribution is 0.493. The molecule has 1 saturated carbocycles. The Morgan fingerprint density at radius 1 is 1.41 bits per heavy atom. The molecule has 1 aliphatic carbocycles. The number of nitrogens with zero attached hydrogens (tertiary/aromatic N) is 1. The second-order valence-electron chi connectivity index (χ2n) is 4.62. The Morgan fingerprint density at radius 3 is 2.65 bits per heavy atom. The minimum Gasteiger partial charge on any atom is -0.378 e. The highest BCUT2D eigenvalue weighted by Crippen LogP contribution is 2.33. The minimum absolute atomic E-state index is 0.0492. The fraction of sp³-hybridized carbons (Fsp3) is 0.462. The van der Waals surface area contributed by atoms with Crippen LogP contribution in [0.2, 0.25) is 0 Å². The van der Waals surface area contributed by atoms with Crippen molar-refractivity contribution in [3.05, 3.63) is 28.2 Å². The second kappa shape index (κ2) is 5.07. The first-order valence-electron chi connectivity index (χ1n) is 5.87. The highest BCUT2D eigenvalue weighted by molar-refractivity contribution is 9.10. The number of hydrogen-bond acceptors (Lipinski definition) is 3. The smallest absolute Gasteiger partial charge is 0.100 e. The second-order valence-corrected chi connectivity index (χ2v) is 5.48. The van der Waals surface area contributed by atoms with Gasteiger partial charge in [0.1, 0.15) is 6.07 Å². The summed E-state index contributed by atoms with van der Waals surface area (Å²) in [5.41, 5.74) is 7.62. The molecule has 0 aromatic heterocycles. The van der Waals surface area contributed by atoms with Crippen LogP contribution in [0.15, 0.2) is 22.7 Å². The SMILES string of the molecule is N#Cc1ccc(NC2(CN)CCCC2)cc1Br. The zero-order chi connectivity index (χ0) is 12.3. The van der Waals surface area contributed by atoms with E-state index in [1.165, 1.54) is 12.8 Å². The third-order valence-corrected chi connectivity index (χ3v) is 4.11. The van der Waals surface area contributed by atoms with Crippen LogP contribution in [0.3, 0.4) is 0 Å². The van der Waals surface area contributed by atoms with E-state index in [9.17, 15) is 0 Å². The fourth-order valence-corrected chi connectivity index (χ4v) is 2.89. The molecule has 0 radical (unpaired) electrons. The first kappa shape index (κ1) is 12.4. The van der Waals surface area contributed by atoms with Gasteiger partial charge in [-0.3, -0.25) is 0 Å². The van der Waals surface area contributed by atoms with Gasteiger partial charge in [0.25, 0.3) is 0 Å². The molecule has 0 unspecified atom stereocenters. The first-order chi connectivity index (χ1) is 8.19. The van der Waals surface area contributed by atoms with Gasteiger partial charge in [-0.05, 0) is 47.0 Å². The van der Waals surface area contributed by atoms with Gasteiger partial charge in [-0.25, -0.2) is 0 Å². The van der Waals surface area contributed by atoms with Gasteiger partial charge >= 0.3 is 0 Å². The summed E-state index contributed by atoms with van der Waals surface area (Å²) in [6, 6.07) is 7.86. The fourth-order valence-electron chi connectivity index (χ4n) is 2.42. The molecule has 1 aromatic rings. The summed E-state index contributed by atoms with van der Waals surface area (Å²) >= 11 is 3.40. The molecule has 4 heteroatoms. The van der Waals surface area contributed by atoms with E-state index in [4.69, 9.17) is 11.0 Å². The molecule has 0 atom stereocenters. The van der Waals surface area contributed by atoms with Crippen molar-refractivity contribution >= 4 is 21.6 Å². The van der Waals surface area contributed by atoms with E-state index in [1.54, 1.807) is 0 Å². The van der Waals surface area contributed by atoms with Crippen LogP contribution >= 0.6 is 15.9 Å². The highest BCUT2D eigenvalue weighted by atomic mass is 79.9. The van der Waals surface area contributed by atoms with Crippen molar-refractivity contribution in [2.24, 2.45) is 5.73 Å². The summed E-state index contributed by atoms with van der Waals surface area (Å²) in [5.74, 6) is 0. The summed E-state index contributed by atoms with van der Waals surface area (Å²) < 4.78 is 0.829. The van der Waals surface area contributed by atoms with Crippen molar-refractivity contribution in [2.45, 2.75) is 31.2 Å². The molecule has 1 fully saturated rings. The Balaban J connectivity index is 2.19. The molecule has 0 spiro atoms. The molecule has 1 aliphatic rings. The number of nitrogens with one attached hydrogen (secondary N) is 1. The topological polar surface area (TPSA) is 61.8 Å². The summed E-state index contributed by atoms with van der Waals surface area (Å²) in [6.07, 6.45) is 4.73. The Labute approximate surface area is 110 Å². The Morgan fingerprint density at radius 2 is 2.12 bits per heavy atom. The van der Waals surface area contributed by atoms with E-state index in [2.05, 4.69) is 27.3 Å². The van der Waals surface area contributed by atoms with Crippen molar-refractivity contribution < 1.29 is 0 Å². The predicted molar refractivity (Wildman–Crippen MR) is 72.7 cm³/mol. The van der Waals surface area contributed by atoms with Crippen LogP contribution in [0.4, 0.5) is 5.69 Å². The maximum absolute atomic E-state index is 8.87. The van der Waals surface area contributed by atoms with Crippen LogP contribution in [-0.2, 0) is 0 Å². The highest BCUT2D eigenvalue weighted by Gasteiger charge is 2.32. The normalized spacial score (nSPS) is 17.7. The van der Waals surface area contributed by atoms with E-state index in [0.29, 0.717) is 12.1 Å². The van der Waals surface area contributed by atoms with Gasteiger partial charge in [-0.15, -0.1) is 0 Å². The summed E-state index contributed by atoms with van der Waals surface area (Å²) in [7, 11) is 0. The molecule has 0 aliphatic heterocycles. The Kier molecular flexibility index (Phi) is 3.70. The predicted octanol–water partition coefficient (Wildman–Crippen LogP) is 3.00. The maximum Gasteiger partial charge on any atom is 0.100 e.